The minimum Gasteiger partial charge on any atom is -0.489 e. The van der Waals surface area contributed by atoms with Gasteiger partial charge in [0, 0.05) is 11.9 Å². The van der Waals surface area contributed by atoms with Crippen molar-refractivity contribution >= 4 is 17.2 Å². The molecule has 0 aliphatic heterocycles. The van der Waals surface area contributed by atoms with Crippen LogP contribution in [-0.4, -0.2) is 31.0 Å². The zero-order valence-electron chi connectivity index (χ0n) is 13.2. The molecule has 0 N–H and O–H groups in total. The summed E-state index contributed by atoms with van der Waals surface area (Å²) in [6, 6.07) is 8.33. The number of benzene rings is 1. The lowest BCUT2D eigenvalue weighted by molar-refractivity contribution is 0.0777. The van der Waals surface area contributed by atoms with Crippen molar-refractivity contribution in [1.82, 2.24) is 4.90 Å². The van der Waals surface area contributed by atoms with Crippen LogP contribution in [0, 0.1) is 5.82 Å². The Morgan fingerprint density at radius 2 is 2.09 bits per heavy atom. The van der Waals surface area contributed by atoms with Gasteiger partial charge in [0.25, 0.3) is 5.91 Å². The number of thiophene rings is 1. The number of aryl methyl sites for hydroxylation is 2. The number of ether oxygens (including phenoxy) is 1. The molecule has 0 saturated carbocycles. The van der Waals surface area contributed by atoms with Crippen LogP contribution in [-0.2, 0) is 12.8 Å². The smallest absolute Gasteiger partial charge is 0.263 e. The Hall–Kier alpha value is -1.88. The van der Waals surface area contributed by atoms with Crippen LogP contribution in [0.25, 0.3) is 0 Å². The van der Waals surface area contributed by atoms with Gasteiger partial charge < -0.3 is 9.64 Å². The van der Waals surface area contributed by atoms with E-state index in [4.69, 9.17) is 4.74 Å². The zero-order valence-corrected chi connectivity index (χ0v) is 14.0. The molecule has 3 nitrogen and oxygen atoms in total. The van der Waals surface area contributed by atoms with E-state index in [1.807, 2.05) is 6.07 Å². The predicted octanol–water partition coefficient (Wildman–Crippen LogP) is 3.92. The molecule has 2 aromatic rings. The average Bonchev–Trinajstić information content (AvgIpc) is 2.99. The first-order valence-corrected chi connectivity index (χ1v) is 8.71. The van der Waals surface area contributed by atoms with Crippen molar-refractivity contribution in [3.05, 3.63) is 51.5 Å². The molecule has 1 heterocycles. The molecule has 0 fully saturated rings. The van der Waals surface area contributed by atoms with Crippen molar-refractivity contribution in [2.45, 2.75) is 25.7 Å². The second-order valence-electron chi connectivity index (χ2n) is 5.77. The van der Waals surface area contributed by atoms with Crippen LogP contribution in [0.2, 0.25) is 0 Å². The maximum atomic E-state index is 13.5. The van der Waals surface area contributed by atoms with E-state index < -0.39 is 0 Å². The molecule has 3 rings (SSSR count). The van der Waals surface area contributed by atoms with E-state index in [1.165, 1.54) is 29.3 Å². The van der Waals surface area contributed by atoms with Crippen molar-refractivity contribution in [2.24, 2.45) is 0 Å². The van der Waals surface area contributed by atoms with Gasteiger partial charge in [-0.2, -0.15) is 0 Å². The lowest BCUT2D eigenvalue weighted by atomic mass is 9.99. The number of fused-ring (bicyclic) bond motifs is 1. The van der Waals surface area contributed by atoms with E-state index in [0.29, 0.717) is 6.54 Å². The number of likely N-dealkylation sites (N-methyl/N-ethyl adjacent to an activating group) is 1. The second kappa shape index (κ2) is 7.13. The number of carbonyl (C=O) groups is 1. The lowest BCUT2D eigenvalue weighted by Crippen LogP contribution is -2.30. The van der Waals surface area contributed by atoms with Gasteiger partial charge in [-0.25, -0.2) is 4.39 Å². The quantitative estimate of drug-likeness (QED) is 0.830. The normalized spacial score (nSPS) is 13.5. The van der Waals surface area contributed by atoms with Crippen molar-refractivity contribution in [3.63, 3.8) is 0 Å². The third-order valence-corrected chi connectivity index (χ3v) is 5.30. The molecule has 122 valence electrons. The van der Waals surface area contributed by atoms with Crippen LogP contribution in [0.15, 0.2) is 30.3 Å². The molecule has 1 aromatic carbocycles. The van der Waals surface area contributed by atoms with Gasteiger partial charge in [0.15, 0.2) is 11.6 Å². The van der Waals surface area contributed by atoms with Crippen LogP contribution < -0.4 is 4.74 Å². The molecule has 1 aliphatic rings. The van der Waals surface area contributed by atoms with E-state index in [9.17, 15) is 9.18 Å². The summed E-state index contributed by atoms with van der Waals surface area (Å²) in [4.78, 5) is 16.3. The van der Waals surface area contributed by atoms with Crippen molar-refractivity contribution in [3.8, 4) is 5.75 Å². The maximum absolute atomic E-state index is 13.5. The first-order chi connectivity index (χ1) is 11.1. The fourth-order valence-corrected chi connectivity index (χ4v) is 3.99. The van der Waals surface area contributed by atoms with Crippen LogP contribution in [0.5, 0.6) is 5.75 Å². The number of nitrogens with zero attached hydrogens (tertiary/aromatic N) is 1. The third kappa shape index (κ3) is 3.72. The lowest BCUT2D eigenvalue weighted by Gasteiger charge is -2.16. The Morgan fingerprint density at radius 1 is 1.30 bits per heavy atom. The third-order valence-electron chi connectivity index (χ3n) is 4.07. The van der Waals surface area contributed by atoms with Crippen molar-refractivity contribution in [1.29, 1.82) is 0 Å². The SMILES string of the molecule is CN(CCOc1ccccc1F)C(=O)c1cc2c(s1)CCCC2. The summed E-state index contributed by atoms with van der Waals surface area (Å²) in [5.74, 6) is -0.145. The largest absolute Gasteiger partial charge is 0.489 e. The van der Waals surface area contributed by atoms with Crippen LogP contribution in [0.1, 0.15) is 33.0 Å². The molecular formula is C18H20FNO2S. The summed E-state index contributed by atoms with van der Waals surface area (Å²) in [7, 11) is 1.76. The Bertz CT molecular complexity index is 675. The summed E-state index contributed by atoms with van der Waals surface area (Å²) in [5, 5.41) is 0. The molecule has 0 spiro atoms. The Kier molecular flexibility index (Phi) is 4.96. The topological polar surface area (TPSA) is 29.5 Å². The fraction of sp³-hybridized carbons (Fsp3) is 0.389. The highest BCUT2D eigenvalue weighted by Gasteiger charge is 2.19. The summed E-state index contributed by atoms with van der Waals surface area (Å²) >= 11 is 1.61. The molecular weight excluding hydrogens is 313 g/mol. The molecule has 23 heavy (non-hydrogen) atoms. The molecule has 0 atom stereocenters. The van der Waals surface area contributed by atoms with Gasteiger partial charge in [-0.05, 0) is 49.4 Å². The van der Waals surface area contributed by atoms with Crippen molar-refractivity contribution < 1.29 is 13.9 Å². The summed E-state index contributed by atoms with van der Waals surface area (Å²) in [5.41, 5.74) is 1.33. The number of para-hydroxylation sites is 1. The highest BCUT2D eigenvalue weighted by molar-refractivity contribution is 7.14. The monoisotopic (exact) mass is 333 g/mol. The zero-order chi connectivity index (χ0) is 16.2. The van der Waals surface area contributed by atoms with E-state index in [0.717, 1.165) is 17.7 Å². The standard InChI is InChI=1S/C18H20FNO2S/c1-20(10-11-22-15-8-4-3-7-14(15)19)18(21)17-12-13-6-2-5-9-16(13)23-17/h3-4,7-8,12H,2,5-6,9-11H2,1H3. The van der Waals surface area contributed by atoms with Crippen LogP contribution in [0.3, 0.4) is 0 Å². The number of hydrogen-bond acceptors (Lipinski definition) is 3. The number of halogens is 1. The summed E-state index contributed by atoms with van der Waals surface area (Å²) < 4.78 is 18.9. The van der Waals surface area contributed by atoms with Gasteiger partial charge in [-0.15, -0.1) is 11.3 Å². The van der Waals surface area contributed by atoms with Crippen LogP contribution in [0.4, 0.5) is 4.39 Å². The summed E-state index contributed by atoms with van der Waals surface area (Å²) in [6.45, 7) is 0.698. The van der Waals surface area contributed by atoms with E-state index in [2.05, 4.69) is 0 Å². The molecule has 0 unspecified atom stereocenters. The van der Waals surface area contributed by atoms with Gasteiger partial charge in [-0.3, -0.25) is 4.79 Å². The predicted molar refractivity (Wildman–Crippen MR) is 89.8 cm³/mol. The fourth-order valence-electron chi connectivity index (χ4n) is 2.74. The van der Waals surface area contributed by atoms with E-state index in [-0.39, 0.29) is 24.1 Å². The molecule has 1 aromatic heterocycles. The molecule has 0 saturated heterocycles. The summed E-state index contributed by atoms with van der Waals surface area (Å²) in [6.07, 6.45) is 4.60. The van der Waals surface area contributed by atoms with E-state index in [1.54, 1.807) is 41.5 Å². The minimum atomic E-state index is -0.382. The molecule has 0 bridgehead atoms. The van der Waals surface area contributed by atoms with E-state index >= 15 is 0 Å². The maximum Gasteiger partial charge on any atom is 0.263 e. The molecule has 1 amide bonds. The molecule has 0 radical (unpaired) electrons. The van der Waals surface area contributed by atoms with Crippen molar-refractivity contribution in [2.75, 3.05) is 20.2 Å². The van der Waals surface area contributed by atoms with Gasteiger partial charge >= 0.3 is 0 Å². The Labute approximate surface area is 139 Å². The second-order valence-corrected chi connectivity index (χ2v) is 6.91. The van der Waals surface area contributed by atoms with Gasteiger partial charge in [-0.1, -0.05) is 12.1 Å². The number of carbonyl (C=O) groups excluding carboxylic acids is 1. The van der Waals surface area contributed by atoms with Crippen LogP contribution >= 0.6 is 11.3 Å². The first kappa shape index (κ1) is 16.0. The Morgan fingerprint density at radius 3 is 2.87 bits per heavy atom. The molecule has 5 heteroatoms. The highest BCUT2D eigenvalue weighted by atomic mass is 32.1. The molecule has 1 aliphatic carbocycles. The first-order valence-electron chi connectivity index (χ1n) is 7.89. The van der Waals surface area contributed by atoms with Gasteiger partial charge in [0.2, 0.25) is 0 Å². The number of rotatable bonds is 5. The number of hydrogen-bond donors (Lipinski definition) is 0. The Balaban J connectivity index is 1.55. The number of amides is 1. The van der Waals surface area contributed by atoms with Gasteiger partial charge in [0.1, 0.15) is 6.61 Å². The van der Waals surface area contributed by atoms with Gasteiger partial charge in [0.05, 0.1) is 11.4 Å². The highest BCUT2D eigenvalue weighted by Crippen LogP contribution is 2.30. The minimum absolute atomic E-state index is 0.0153. The average molecular weight is 333 g/mol.